The monoisotopic (exact) mass is 432 g/mol. The van der Waals surface area contributed by atoms with Crippen LogP contribution in [0.25, 0.3) is 0 Å². The van der Waals surface area contributed by atoms with Gasteiger partial charge in [0.1, 0.15) is 5.75 Å². The van der Waals surface area contributed by atoms with E-state index < -0.39 is 21.3 Å². The lowest BCUT2D eigenvalue weighted by Gasteiger charge is -2.20. The van der Waals surface area contributed by atoms with E-state index in [0.717, 1.165) is 5.56 Å². The third kappa shape index (κ3) is 5.29. The van der Waals surface area contributed by atoms with E-state index in [1.165, 1.54) is 0 Å². The Morgan fingerprint density at radius 3 is 2.57 bits per heavy atom. The molecule has 0 aliphatic carbocycles. The molecule has 1 saturated heterocycles. The van der Waals surface area contributed by atoms with E-state index in [-0.39, 0.29) is 12.5 Å². The van der Waals surface area contributed by atoms with Crippen molar-refractivity contribution in [1.82, 2.24) is 10.9 Å². The second-order valence-corrected chi connectivity index (χ2v) is 9.23. The van der Waals surface area contributed by atoms with Gasteiger partial charge in [-0.15, -0.1) is 0 Å². The zero-order valence-electron chi connectivity index (χ0n) is 17.3. The normalized spacial score (nSPS) is 18.9. The van der Waals surface area contributed by atoms with Crippen LogP contribution in [0.3, 0.4) is 0 Å². The van der Waals surface area contributed by atoms with Gasteiger partial charge in [-0.25, -0.2) is 13.8 Å². The van der Waals surface area contributed by atoms with Crippen LogP contribution in [0.15, 0.2) is 48.5 Å². The first kappa shape index (κ1) is 22.1. The highest BCUT2D eigenvalue weighted by Gasteiger charge is 2.42. The quantitative estimate of drug-likeness (QED) is 0.511. The summed E-state index contributed by atoms with van der Waals surface area (Å²) in [5, 5.41) is 1.73. The number of rotatable bonds is 8. The Labute approximate surface area is 177 Å². The Balaban J connectivity index is 1.70. The third-order valence-electron chi connectivity index (χ3n) is 4.85. The van der Waals surface area contributed by atoms with Gasteiger partial charge in [0.05, 0.1) is 12.5 Å². The van der Waals surface area contributed by atoms with Gasteiger partial charge in [0.2, 0.25) is 5.91 Å². The molecule has 0 saturated carbocycles. The van der Waals surface area contributed by atoms with Crippen LogP contribution in [0.1, 0.15) is 32.3 Å². The highest BCUT2D eigenvalue weighted by Crippen LogP contribution is 2.23. The van der Waals surface area contributed by atoms with E-state index >= 15 is 0 Å². The highest BCUT2D eigenvalue weighted by molar-refractivity contribution is 7.93. The molecule has 1 aliphatic heterocycles. The average molecular weight is 433 g/mol. The number of benzene rings is 2. The van der Waals surface area contributed by atoms with E-state index in [2.05, 4.69) is 34.7 Å². The molecule has 162 valence electrons. The molecular weight excluding hydrogens is 404 g/mol. The predicted molar refractivity (Wildman–Crippen MR) is 118 cm³/mol. The topological polar surface area (TPSA) is 109 Å². The van der Waals surface area contributed by atoms with Crippen molar-refractivity contribution in [3.05, 3.63) is 54.1 Å². The fraction of sp³-hybridized carbons (Fsp3) is 0.381. The fourth-order valence-electron chi connectivity index (χ4n) is 3.23. The number of hydrazine groups is 1. The maximum Gasteiger partial charge on any atom is 0.250 e. The minimum absolute atomic E-state index is 0.199. The molecule has 1 fully saturated rings. The second kappa shape index (κ2) is 9.46. The molecule has 1 heterocycles. The lowest BCUT2D eigenvalue weighted by atomic mass is 10.0. The van der Waals surface area contributed by atoms with Crippen LogP contribution in [-0.4, -0.2) is 32.9 Å². The number of sulfonamides is 1. The number of carbonyl (C=O) groups excluding carboxylic acids is 1. The molecule has 4 N–H and O–H groups in total. The van der Waals surface area contributed by atoms with Gasteiger partial charge in [0.25, 0.3) is 10.0 Å². The summed E-state index contributed by atoms with van der Waals surface area (Å²) in [6, 6.07) is 14.2. The largest absolute Gasteiger partial charge is 0.494 e. The zero-order chi connectivity index (χ0) is 21.7. The SMILES string of the molecule is CCOc1ccc(NS(=O)(=O)C2NNCC2C(=O)Nc2cccc(C(C)C)c2)cc1. The molecule has 0 radical (unpaired) electrons. The summed E-state index contributed by atoms with van der Waals surface area (Å²) in [5.41, 5.74) is 7.64. The van der Waals surface area contributed by atoms with E-state index in [4.69, 9.17) is 4.74 Å². The van der Waals surface area contributed by atoms with E-state index in [0.29, 0.717) is 29.6 Å². The maximum atomic E-state index is 12.9. The Hall–Kier alpha value is -2.62. The van der Waals surface area contributed by atoms with Crippen molar-refractivity contribution in [2.75, 3.05) is 23.2 Å². The number of hydrogen-bond donors (Lipinski definition) is 4. The van der Waals surface area contributed by atoms with Gasteiger partial charge in [0.15, 0.2) is 5.37 Å². The summed E-state index contributed by atoms with van der Waals surface area (Å²) in [6.07, 6.45) is 0. The van der Waals surface area contributed by atoms with E-state index in [9.17, 15) is 13.2 Å². The van der Waals surface area contributed by atoms with Crippen LogP contribution in [0.5, 0.6) is 5.75 Å². The molecule has 1 amide bonds. The van der Waals surface area contributed by atoms with Crippen molar-refractivity contribution < 1.29 is 17.9 Å². The van der Waals surface area contributed by atoms with Crippen molar-refractivity contribution in [2.45, 2.75) is 32.1 Å². The van der Waals surface area contributed by atoms with Gasteiger partial charge in [-0.2, -0.15) is 0 Å². The molecule has 1 aliphatic rings. The minimum atomic E-state index is -3.87. The summed E-state index contributed by atoms with van der Waals surface area (Å²) < 4.78 is 33.7. The lowest BCUT2D eigenvalue weighted by molar-refractivity contribution is -0.119. The van der Waals surface area contributed by atoms with Gasteiger partial charge in [0, 0.05) is 17.9 Å². The predicted octanol–water partition coefficient (Wildman–Crippen LogP) is 2.64. The van der Waals surface area contributed by atoms with Crippen molar-refractivity contribution >= 4 is 27.3 Å². The Morgan fingerprint density at radius 1 is 1.17 bits per heavy atom. The molecule has 30 heavy (non-hydrogen) atoms. The Bertz CT molecular complexity index is 977. The summed E-state index contributed by atoms with van der Waals surface area (Å²) in [5.74, 6) is -0.187. The molecule has 0 bridgehead atoms. The number of ether oxygens (including phenoxy) is 1. The minimum Gasteiger partial charge on any atom is -0.494 e. The van der Waals surface area contributed by atoms with Gasteiger partial charge in [-0.1, -0.05) is 26.0 Å². The number of anilines is 2. The molecule has 0 spiro atoms. The van der Waals surface area contributed by atoms with E-state index in [1.807, 2.05) is 25.1 Å². The standard InChI is InChI=1S/C21H28N4O4S/c1-4-29-18-10-8-16(9-11-18)25-30(27,28)21-19(13-22-24-21)20(26)23-17-7-5-6-15(12-17)14(2)3/h5-12,14,19,21-22,24-25H,4,13H2,1-3H3,(H,23,26). The van der Waals surface area contributed by atoms with Crippen LogP contribution in [0.4, 0.5) is 11.4 Å². The fourth-order valence-corrected chi connectivity index (χ4v) is 4.71. The molecule has 2 unspecified atom stereocenters. The molecule has 3 rings (SSSR count). The van der Waals surface area contributed by atoms with Crippen LogP contribution in [0, 0.1) is 5.92 Å². The third-order valence-corrected chi connectivity index (χ3v) is 6.48. The number of amides is 1. The van der Waals surface area contributed by atoms with Crippen LogP contribution < -0.4 is 25.6 Å². The molecule has 8 nitrogen and oxygen atoms in total. The zero-order valence-corrected chi connectivity index (χ0v) is 18.1. The molecule has 0 aromatic heterocycles. The summed E-state index contributed by atoms with van der Waals surface area (Å²) in [4.78, 5) is 12.8. The van der Waals surface area contributed by atoms with Gasteiger partial charge >= 0.3 is 0 Å². The Morgan fingerprint density at radius 2 is 1.90 bits per heavy atom. The van der Waals surface area contributed by atoms with Crippen LogP contribution >= 0.6 is 0 Å². The first-order valence-electron chi connectivity index (χ1n) is 9.94. The van der Waals surface area contributed by atoms with Gasteiger partial charge in [-0.3, -0.25) is 14.9 Å². The number of carbonyl (C=O) groups is 1. The number of hydrogen-bond acceptors (Lipinski definition) is 6. The van der Waals surface area contributed by atoms with Crippen molar-refractivity contribution in [2.24, 2.45) is 5.92 Å². The maximum absolute atomic E-state index is 12.9. The first-order valence-corrected chi connectivity index (χ1v) is 11.5. The Kier molecular flexibility index (Phi) is 6.96. The van der Waals surface area contributed by atoms with Gasteiger partial charge < -0.3 is 10.1 Å². The van der Waals surface area contributed by atoms with Crippen molar-refractivity contribution in [3.8, 4) is 5.75 Å². The van der Waals surface area contributed by atoms with Gasteiger partial charge in [-0.05, 0) is 54.8 Å². The highest BCUT2D eigenvalue weighted by atomic mass is 32.2. The molecular formula is C21H28N4O4S. The summed E-state index contributed by atoms with van der Waals surface area (Å²) >= 11 is 0. The molecule has 9 heteroatoms. The van der Waals surface area contributed by atoms with Crippen LogP contribution in [0.2, 0.25) is 0 Å². The first-order chi connectivity index (χ1) is 14.3. The lowest BCUT2D eigenvalue weighted by Crippen LogP contribution is -2.45. The smallest absolute Gasteiger partial charge is 0.250 e. The van der Waals surface area contributed by atoms with Crippen molar-refractivity contribution in [1.29, 1.82) is 0 Å². The number of nitrogens with one attached hydrogen (secondary N) is 4. The summed E-state index contributed by atoms with van der Waals surface area (Å²) in [6.45, 7) is 6.74. The summed E-state index contributed by atoms with van der Waals surface area (Å²) in [7, 11) is -3.87. The molecule has 2 aromatic rings. The second-order valence-electron chi connectivity index (χ2n) is 7.43. The molecule has 2 aromatic carbocycles. The average Bonchev–Trinajstić information content (AvgIpc) is 3.21. The van der Waals surface area contributed by atoms with Crippen molar-refractivity contribution in [3.63, 3.8) is 0 Å². The molecule has 2 atom stereocenters. The van der Waals surface area contributed by atoms with Crippen LogP contribution in [-0.2, 0) is 14.8 Å². The van der Waals surface area contributed by atoms with E-state index in [1.54, 1.807) is 30.3 Å².